The molecule has 3 aromatic rings. The first-order valence-electron chi connectivity index (χ1n) is 6.43. The molecule has 1 aromatic carbocycles. The zero-order valence-electron chi connectivity index (χ0n) is 11.6. The summed E-state index contributed by atoms with van der Waals surface area (Å²) in [7, 11) is 1.66. The van der Waals surface area contributed by atoms with Gasteiger partial charge in [0.25, 0.3) is 5.56 Å². The van der Waals surface area contributed by atoms with Crippen molar-refractivity contribution in [2.75, 3.05) is 11.1 Å². The van der Waals surface area contributed by atoms with Crippen LogP contribution in [0.3, 0.4) is 0 Å². The van der Waals surface area contributed by atoms with Crippen molar-refractivity contribution in [3.63, 3.8) is 0 Å². The lowest BCUT2D eigenvalue weighted by atomic mass is 10.2. The lowest BCUT2D eigenvalue weighted by molar-refractivity contribution is -0.113. The molecule has 0 spiro atoms. The highest BCUT2D eigenvalue weighted by Crippen LogP contribution is 2.17. The lowest BCUT2D eigenvalue weighted by Crippen LogP contribution is -2.21. The number of carbonyl (C=O) groups is 1. The monoisotopic (exact) mass is 332 g/mol. The summed E-state index contributed by atoms with van der Waals surface area (Å²) in [6.45, 7) is 0. The summed E-state index contributed by atoms with van der Waals surface area (Å²) < 4.78 is 1.46. The van der Waals surface area contributed by atoms with Gasteiger partial charge in [0, 0.05) is 18.6 Å². The Hall–Kier alpha value is -2.19. The van der Waals surface area contributed by atoms with Crippen LogP contribution in [0.15, 0.2) is 45.8 Å². The summed E-state index contributed by atoms with van der Waals surface area (Å²) in [5.41, 5.74) is 0.516. The molecule has 0 fully saturated rings. The molecule has 0 aliphatic rings. The van der Waals surface area contributed by atoms with Gasteiger partial charge < -0.3 is 5.32 Å². The van der Waals surface area contributed by atoms with Crippen LogP contribution >= 0.6 is 23.1 Å². The maximum Gasteiger partial charge on any atom is 0.261 e. The molecule has 0 atom stereocenters. The van der Waals surface area contributed by atoms with E-state index in [1.807, 2.05) is 6.07 Å². The number of para-hydroxylation sites is 1. The van der Waals surface area contributed by atoms with E-state index in [1.165, 1.54) is 27.7 Å². The van der Waals surface area contributed by atoms with Gasteiger partial charge in [-0.2, -0.15) is 0 Å². The van der Waals surface area contributed by atoms with Crippen molar-refractivity contribution in [2.24, 2.45) is 7.05 Å². The first-order valence-corrected chi connectivity index (χ1v) is 8.29. The van der Waals surface area contributed by atoms with Gasteiger partial charge >= 0.3 is 0 Å². The van der Waals surface area contributed by atoms with Gasteiger partial charge in [0.2, 0.25) is 5.91 Å². The molecule has 1 amide bonds. The molecular weight excluding hydrogens is 320 g/mol. The topological polar surface area (TPSA) is 76.9 Å². The van der Waals surface area contributed by atoms with Crippen LogP contribution in [-0.4, -0.2) is 26.2 Å². The molecule has 8 heteroatoms. The molecule has 0 aliphatic heterocycles. The van der Waals surface area contributed by atoms with Gasteiger partial charge in [-0.25, -0.2) is 9.97 Å². The van der Waals surface area contributed by atoms with Crippen molar-refractivity contribution in [1.82, 2.24) is 14.5 Å². The highest BCUT2D eigenvalue weighted by Gasteiger charge is 2.11. The van der Waals surface area contributed by atoms with Crippen molar-refractivity contribution < 1.29 is 4.79 Å². The van der Waals surface area contributed by atoms with Gasteiger partial charge in [0.15, 0.2) is 10.3 Å². The Labute approximate surface area is 134 Å². The number of nitrogens with one attached hydrogen (secondary N) is 1. The van der Waals surface area contributed by atoms with Crippen LogP contribution in [0.2, 0.25) is 0 Å². The van der Waals surface area contributed by atoms with E-state index < -0.39 is 0 Å². The molecule has 0 saturated carbocycles. The van der Waals surface area contributed by atoms with Gasteiger partial charge in [-0.3, -0.25) is 14.2 Å². The summed E-state index contributed by atoms with van der Waals surface area (Å²) in [6.07, 6.45) is 1.63. The molecule has 0 radical (unpaired) electrons. The summed E-state index contributed by atoms with van der Waals surface area (Å²) in [5.74, 6) is -0.0135. The van der Waals surface area contributed by atoms with Gasteiger partial charge in [-0.1, -0.05) is 23.9 Å². The summed E-state index contributed by atoms with van der Waals surface area (Å²) in [5, 5.41) is 6.13. The highest BCUT2D eigenvalue weighted by atomic mass is 32.2. The molecule has 0 saturated heterocycles. The van der Waals surface area contributed by atoms with Crippen LogP contribution in [-0.2, 0) is 11.8 Å². The van der Waals surface area contributed by atoms with E-state index >= 15 is 0 Å². The number of anilines is 1. The second-order valence-electron chi connectivity index (χ2n) is 4.45. The maximum absolute atomic E-state index is 12.3. The van der Waals surface area contributed by atoms with Crippen LogP contribution in [0.25, 0.3) is 10.9 Å². The number of nitrogens with zero attached hydrogens (tertiary/aromatic N) is 3. The minimum Gasteiger partial charge on any atom is -0.301 e. The van der Waals surface area contributed by atoms with Gasteiger partial charge in [-0.05, 0) is 12.1 Å². The average molecular weight is 332 g/mol. The minimum atomic E-state index is -0.178. The predicted octanol–water partition coefficient (Wildman–Crippen LogP) is 2.12. The number of amides is 1. The van der Waals surface area contributed by atoms with E-state index in [-0.39, 0.29) is 17.2 Å². The van der Waals surface area contributed by atoms with Crippen LogP contribution in [0.1, 0.15) is 0 Å². The zero-order chi connectivity index (χ0) is 15.5. The van der Waals surface area contributed by atoms with E-state index in [2.05, 4.69) is 15.3 Å². The number of benzene rings is 1. The molecule has 6 nitrogen and oxygen atoms in total. The Morgan fingerprint density at radius 2 is 2.23 bits per heavy atom. The highest BCUT2D eigenvalue weighted by molar-refractivity contribution is 7.99. The smallest absolute Gasteiger partial charge is 0.261 e. The first kappa shape index (κ1) is 14.7. The second-order valence-corrected chi connectivity index (χ2v) is 6.29. The van der Waals surface area contributed by atoms with E-state index in [0.29, 0.717) is 21.2 Å². The molecular formula is C14H12N4O2S2. The van der Waals surface area contributed by atoms with Gasteiger partial charge in [0.1, 0.15) is 0 Å². The molecule has 1 N–H and O–H groups in total. The molecule has 0 bridgehead atoms. The summed E-state index contributed by atoms with van der Waals surface area (Å²) in [4.78, 5) is 32.5. The van der Waals surface area contributed by atoms with E-state index in [0.717, 1.165) is 0 Å². The first-order chi connectivity index (χ1) is 10.6. The largest absolute Gasteiger partial charge is 0.301 e. The standard InChI is InChI=1S/C14H12N4O2S2/c1-18-12(20)9-4-2-3-5-10(9)16-14(18)22-8-11(19)17-13-15-6-7-21-13/h2-7H,8H2,1H3,(H,15,17,19). The fourth-order valence-corrected chi connectivity index (χ4v) is 3.21. The Balaban J connectivity index is 1.78. The van der Waals surface area contributed by atoms with E-state index in [1.54, 1.807) is 36.8 Å². The molecule has 0 unspecified atom stereocenters. The Bertz CT molecular complexity index is 874. The third-order valence-corrected chi connectivity index (χ3v) is 4.67. The van der Waals surface area contributed by atoms with Crippen molar-refractivity contribution in [1.29, 1.82) is 0 Å². The Morgan fingerprint density at radius 1 is 1.41 bits per heavy atom. The van der Waals surface area contributed by atoms with Crippen LogP contribution < -0.4 is 10.9 Å². The molecule has 0 aliphatic carbocycles. The molecule has 2 aromatic heterocycles. The number of fused-ring (bicyclic) bond motifs is 1. The second kappa shape index (κ2) is 6.29. The van der Waals surface area contributed by atoms with Crippen molar-refractivity contribution in [3.8, 4) is 0 Å². The van der Waals surface area contributed by atoms with Crippen LogP contribution in [0.5, 0.6) is 0 Å². The number of aromatic nitrogens is 3. The molecule has 112 valence electrons. The fraction of sp³-hybridized carbons (Fsp3) is 0.143. The van der Waals surface area contributed by atoms with Gasteiger partial charge in [0.05, 0.1) is 16.7 Å². The van der Waals surface area contributed by atoms with Crippen molar-refractivity contribution >= 4 is 45.0 Å². The zero-order valence-corrected chi connectivity index (χ0v) is 13.3. The van der Waals surface area contributed by atoms with E-state index in [9.17, 15) is 9.59 Å². The SMILES string of the molecule is Cn1c(SCC(=O)Nc2nccs2)nc2ccccc2c1=O. The van der Waals surface area contributed by atoms with Crippen molar-refractivity contribution in [3.05, 3.63) is 46.2 Å². The minimum absolute atomic E-state index is 0.117. The molecule has 3 rings (SSSR count). The number of thiazole rings is 1. The molecule has 22 heavy (non-hydrogen) atoms. The Kier molecular flexibility index (Phi) is 4.21. The fourth-order valence-electron chi connectivity index (χ4n) is 1.90. The van der Waals surface area contributed by atoms with Crippen LogP contribution in [0.4, 0.5) is 5.13 Å². The third-order valence-electron chi connectivity index (χ3n) is 2.95. The van der Waals surface area contributed by atoms with Crippen LogP contribution in [0, 0.1) is 0 Å². The lowest BCUT2D eigenvalue weighted by Gasteiger charge is -2.08. The van der Waals surface area contributed by atoms with Crippen molar-refractivity contribution in [2.45, 2.75) is 5.16 Å². The number of hydrogen-bond donors (Lipinski definition) is 1. The van der Waals surface area contributed by atoms with Gasteiger partial charge in [-0.15, -0.1) is 11.3 Å². The maximum atomic E-state index is 12.3. The number of rotatable bonds is 4. The normalized spacial score (nSPS) is 10.8. The third kappa shape index (κ3) is 3.02. The average Bonchev–Trinajstić information content (AvgIpc) is 3.02. The number of hydrogen-bond acceptors (Lipinski definition) is 6. The van der Waals surface area contributed by atoms with E-state index in [4.69, 9.17) is 0 Å². The predicted molar refractivity (Wildman–Crippen MR) is 88.5 cm³/mol. The molecule has 2 heterocycles. The number of carbonyl (C=O) groups excluding carboxylic acids is 1. The quantitative estimate of drug-likeness (QED) is 0.585. The summed E-state index contributed by atoms with van der Waals surface area (Å²) >= 11 is 2.58. The Morgan fingerprint density at radius 3 is 3.00 bits per heavy atom. The summed E-state index contributed by atoms with van der Waals surface area (Å²) in [6, 6.07) is 7.17. The number of thioether (sulfide) groups is 1.